The van der Waals surface area contributed by atoms with Crippen molar-refractivity contribution in [2.45, 2.75) is 32.4 Å². The van der Waals surface area contributed by atoms with E-state index in [1.54, 1.807) is 24.1 Å². The zero-order chi connectivity index (χ0) is 23.3. The highest BCUT2D eigenvalue weighted by Crippen LogP contribution is 2.30. The number of rotatable bonds is 7. The number of likely N-dealkylation sites (tertiary alicyclic amines) is 1. The average molecular weight is 449 g/mol. The van der Waals surface area contributed by atoms with E-state index in [4.69, 9.17) is 4.74 Å². The number of aryl methyl sites for hydroxylation is 1. The van der Waals surface area contributed by atoms with Crippen LogP contribution >= 0.6 is 0 Å². The number of halogens is 3. The molecule has 2 aromatic carbocycles. The number of benzene rings is 2. The first-order valence-electron chi connectivity index (χ1n) is 11.0. The smallest absolute Gasteiger partial charge is 0.416 e. The topological polar surface area (TPSA) is 32.8 Å². The molecule has 1 aliphatic heterocycles. The van der Waals surface area contributed by atoms with Crippen molar-refractivity contribution in [1.82, 2.24) is 9.80 Å². The van der Waals surface area contributed by atoms with Gasteiger partial charge in [-0.25, -0.2) is 0 Å². The number of amides is 1. The molecule has 2 aromatic rings. The third-order valence-electron chi connectivity index (χ3n) is 6.11. The summed E-state index contributed by atoms with van der Waals surface area (Å²) in [5.41, 5.74) is 1.68. The lowest BCUT2D eigenvalue weighted by Crippen LogP contribution is -2.42. The van der Waals surface area contributed by atoms with E-state index in [2.05, 4.69) is 4.90 Å². The maximum absolute atomic E-state index is 12.9. The molecule has 0 radical (unpaired) electrons. The quantitative estimate of drug-likeness (QED) is 0.594. The van der Waals surface area contributed by atoms with Gasteiger partial charge in [-0.1, -0.05) is 24.3 Å². The zero-order valence-electron chi connectivity index (χ0n) is 18.9. The van der Waals surface area contributed by atoms with E-state index in [1.165, 1.54) is 12.1 Å². The van der Waals surface area contributed by atoms with Gasteiger partial charge in [-0.2, -0.15) is 13.2 Å². The second kappa shape index (κ2) is 10.4. The summed E-state index contributed by atoms with van der Waals surface area (Å²) in [7, 11) is 3.41. The molecule has 1 unspecified atom stereocenters. The molecule has 0 aromatic heterocycles. The first-order valence-corrected chi connectivity index (χ1v) is 11.0. The Labute approximate surface area is 188 Å². The number of carbonyl (C=O) groups excluding carboxylic acids is 1. The molecule has 0 aliphatic carbocycles. The van der Waals surface area contributed by atoms with Crippen LogP contribution in [-0.2, 0) is 12.6 Å². The normalized spacial score (nSPS) is 17.2. The van der Waals surface area contributed by atoms with Crippen LogP contribution in [0.1, 0.15) is 39.9 Å². The number of methoxy groups -OCH3 is 1. The van der Waals surface area contributed by atoms with Gasteiger partial charge in [0.1, 0.15) is 5.75 Å². The standard InChI is InChI=1S/C25H31F3N2O2/c1-18-9-10-21(15-23(18)32-3)24(31)29(2)16-20-7-5-12-30(17-20)13-11-19-6-4-8-22(14-19)25(26,27)28/h4,6,8-10,14-15,20H,5,7,11-13,16-17H2,1-3H3. The summed E-state index contributed by atoms with van der Waals surface area (Å²) in [5.74, 6) is 0.999. The summed E-state index contributed by atoms with van der Waals surface area (Å²) in [6.45, 7) is 5.07. The SMILES string of the molecule is COc1cc(C(=O)N(C)CC2CCCN(CCc3cccc(C(F)(F)F)c3)C2)ccc1C. The van der Waals surface area contributed by atoms with Crippen molar-refractivity contribution < 1.29 is 22.7 Å². The van der Waals surface area contributed by atoms with Crippen LogP contribution in [0.2, 0.25) is 0 Å². The molecule has 1 amide bonds. The molecule has 0 N–H and O–H groups in total. The van der Waals surface area contributed by atoms with Gasteiger partial charge < -0.3 is 14.5 Å². The summed E-state index contributed by atoms with van der Waals surface area (Å²) < 4.78 is 44.1. The minimum absolute atomic E-state index is 0.0376. The molecular formula is C25H31F3N2O2. The molecular weight excluding hydrogens is 417 g/mol. The summed E-state index contributed by atoms with van der Waals surface area (Å²) in [6.07, 6.45) is -1.68. The van der Waals surface area contributed by atoms with Crippen molar-refractivity contribution >= 4 is 5.91 Å². The summed E-state index contributed by atoms with van der Waals surface area (Å²) in [4.78, 5) is 16.9. The number of nitrogens with zero attached hydrogens (tertiary/aromatic N) is 2. The van der Waals surface area contributed by atoms with E-state index in [-0.39, 0.29) is 5.91 Å². The Morgan fingerprint density at radius 1 is 1.22 bits per heavy atom. The summed E-state index contributed by atoms with van der Waals surface area (Å²) in [6, 6.07) is 11.0. The predicted molar refractivity (Wildman–Crippen MR) is 119 cm³/mol. The van der Waals surface area contributed by atoms with Gasteiger partial charge in [0.15, 0.2) is 0 Å². The second-order valence-electron chi connectivity index (χ2n) is 8.63. The third-order valence-corrected chi connectivity index (χ3v) is 6.11. The van der Waals surface area contributed by atoms with Gasteiger partial charge in [0.05, 0.1) is 12.7 Å². The van der Waals surface area contributed by atoms with Crippen molar-refractivity contribution in [1.29, 1.82) is 0 Å². The molecule has 0 spiro atoms. The third kappa shape index (κ3) is 6.25. The summed E-state index contributed by atoms with van der Waals surface area (Å²) in [5, 5.41) is 0. The van der Waals surface area contributed by atoms with Gasteiger partial charge in [0.25, 0.3) is 5.91 Å². The van der Waals surface area contributed by atoms with E-state index < -0.39 is 11.7 Å². The molecule has 1 atom stereocenters. The lowest BCUT2D eigenvalue weighted by molar-refractivity contribution is -0.137. The van der Waals surface area contributed by atoms with E-state index in [0.717, 1.165) is 37.6 Å². The van der Waals surface area contributed by atoms with Crippen molar-refractivity contribution in [3.05, 3.63) is 64.7 Å². The lowest BCUT2D eigenvalue weighted by Gasteiger charge is -2.34. The summed E-state index contributed by atoms with van der Waals surface area (Å²) >= 11 is 0. The Morgan fingerprint density at radius 2 is 2.00 bits per heavy atom. The Kier molecular flexibility index (Phi) is 7.82. The van der Waals surface area contributed by atoms with E-state index in [9.17, 15) is 18.0 Å². The van der Waals surface area contributed by atoms with Crippen molar-refractivity contribution in [2.75, 3.05) is 40.3 Å². The number of ether oxygens (including phenoxy) is 1. The lowest BCUT2D eigenvalue weighted by atomic mass is 9.96. The predicted octanol–water partition coefficient (Wildman–Crippen LogP) is 5.05. The number of hydrogen-bond donors (Lipinski definition) is 0. The van der Waals surface area contributed by atoms with Gasteiger partial charge >= 0.3 is 6.18 Å². The number of alkyl halides is 3. The molecule has 32 heavy (non-hydrogen) atoms. The van der Waals surface area contributed by atoms with Crippen LogP contribution in [0.25, 0.3) is 0 Å². The minimum Gasteiger partial charge on any atom is -0.496 e. The van der Waals surface area contributed by atoms with Crippen LogP contribution < -0.4 is 4.74 Å². The number of piperidine rings is 1. The molecule has 1 aliphatic rings. The van der Waals surface area contributed by atoms with Crippen LogP contribution in [-0.4, -0.2) is 56.0 Å². The highest BCUT2D eigenvalue weighted by Gasteiger charge is 2.30. The van der Waals surface area contributed by atoms with Gasteiger partial charge in [0, 0.05) is 32.2 Å². The van der Waals surface area contributed by atoms with Crippen molar-refractivity contribution in [3.63, 3.8) is 0 Å². The Balaban J connectivity index is 1.54. The average Bonchev–Trinajstić information content (AvgIpc) is 2.77. The molecule has 7 heteroatoms. The highest BCUT2D eigenvalue weighted by atomic mass is 19.4. The minimum atomic E-state index is -4.31. The maximum atomic E-state index is 12.9. The van der Waals surface area contributed by atoms with Gasteiger partial charge in [-0.3, -0.25) is 4.79 Å². The number of hydrogen-bond acceptors (Lipinski definition) is 3. The van der Waals surface area contributed by atoms with Crippen LogP contribution in [0.5, 0.6) is 5.75 Å². The first-order chi connectivity index (χ1) is 15.2. The second-order valence-corrected chi connectivity index (χ2v) is 8.63. The van der Waals surface area contributed by atoms with Crippen molar-refractivity contribution in [3.8, 4) is 5.75 Å². The molecule has 1 heterocycles. The zero-order valence-corrected chi connectivity index (χ0v) is 18.9. The van der Waals surface area contributed by atoms with Gasteiger partial charge in [-0.05, 0) is 68.0 Å². The molecule has 0 bridgehead atoms. The van der Waals surface area contributed by atoms with E-state index >= 15 is 0 Å². The van der Waals surface area contributed by atoms with Crippen LogP contribution in [0.3, 0.4) is 0 Å². The fraction of sp³-hybridized carbons (Fsp3) is 0.480. The van der Waals surface area contributed by atoms with E-state index in [1.807, 2.05) is 26.1 Å². The van der Waals surface area contributed by atoms with Crippen LogP contribution in [0.4, 0.5) is 13.2 Å². The Hall–Kier alpha value is -2.54. The highest BCUT2D eigenvalue weighted by molar-refractivity contribution is 5.94. The fourth-order valence-corrected chi connectivity index (χ4v) is 4.34. The van der Waals surface area contributed by atoms with Crippen LogP contribution in [0.15, 0.2) is 42.5 Å². The monoisotopic (exact) mass is 448 g/mol. The van der Waals surface area contributed by atoms with Gasteiger partial charge in [-0.15, -0.1) is 0 Å². The molecule has 1 fully saturated rings. The molecule has 4 nitrogen and oxygen atoms in total. The maximum Gasteiger partial charge on any atom is 0.416 e. The van der Waals surface area contributed by atoms with Crippen molar-refractivity contribution in [2.24, 2.45) is 5.92 Å². The Bertz CT molecular complexity index is 930. The largest absolute Gasteiger partial charge is 0.496 e. The fourth-order valence-electron chi connectivity index (χ4n) is 4.34. The molecule has 3 rings (SSSR count). The Morgan fingerprint density at radius 3 is 2.72 bits per heavy atom. The number of carbonyl (C=O) groups is 1. The molecule has 0 saturated carbocycles. The first kappa shape index (κ1) is 24.1. The molecule has 174 valence electrons. The van der Waals surface area contributed by atoms with Gasteiger partial charge in [0.2, 0.25) is 0 Å². The van der Waals surface area contributed by atoms with E-state index in [0.29, 0.717) is 42.3 Å². The molecule has 1 saturated heterocycles. The van der Waals surface area contributed by atoms with Crippen LogP contribution in [0, 0.1) is 12.8 Å².